The third-order valence-corrected chi connectivity index (χ3v) is 6.31. The van der Waals surface area contributed by atoms with Crippen LogP contribution in [0.3, 0.4) is 0 Å². The zero-order valence-corrected chi connectivity index (χ0v) is 20.7. The van der Waals surface area contributed by atoms with Gasteiger partial charge in [0.25, 0.3) is 0 Å². The number of carbonyl (C=O) groups is 2. The average Bonchev–Trinajstić information content (AvgIpc) is 3.26. The van der Waals surface area contributed by atoms with Gasteiger partial charge in [0.15, 0.2) is 0 Å². The molecule has 0 bridgehead atoms. The van der Waals surface area contributed by atoms with Crippen LogP contribution in [0.1, 0.15) is 23.6 Å². The Morgan fingerprint density at radius 2 is 1.62 bits per heavy atom. The molecule has 2 amide bonds. The molecule has 1 N–H and O–H groups in total. The number of carbonyl (C=O) groups excluding carboxylic acids is 2. The second kappa shape index (κ2) is 10.3. The molecule has 1 heterocycles. The number of ether oxygens (including phenoxy) is 1. The maximum atomic E-state index is 13.3. The van der Waals surface area contributed by atoms with Gasteiger partial charge in [0.1, 0.15) is 16.9 Å². The molecule has 13 heteroatoms. The van der Waals surface area contributed by atoms with Gasteiger partial charge >= 0.3 is 18.6 Å². The van der Waals surface area contributed by atoms with E-state index in [2.05, 4.69) is 15.2 Å². The number of nitrogens with one attached hydrogen (secondary N) is 1. The summed E-state index contributed by atoms with van der Waals surface area (Å²) in [7, 11) is 0. The monoisotopic (exact) mass is 569 g/mol. The molecule has 1 aliphatic heterocycles. The van der Waals surface area contributed by atoms with E-state index in [0.29, 0.717) is 5.56 Å². The Kier molecular flexibility index (Phi) is 7.35. The van der Waals surface area contributed by atoms with E-state index in [1.165, 1.54) is 19.1 Å². The minimum Gasteiger partial charge on any atom is -0.406 e. The summed E-state index contributed by atoms with van der Waals surface area (Å²) < 4.78 is 80.9. The van der Waals surface area contributed by atoms with Crippen molar-refractivity contribution in [2.75, 3.05) is 11.9 Å². The number of nitrogens with zero attached hydrogens (tertiary/aromatic N) is 2. The lowest BCUT2D eigenvalue weighted by Crippen LogP contribution is -2.46. The predicted octanol–water partition coefficient (Wildman–Crippen LogP) is 7.04. The smallest absolute Gasteiger partial charge is 0.406 e. The zero-order valence-electron chi connectivity index (χ0n) is 19.9. The molecule has 4 rings (SSSR count). The van der Waals surface area contributed by atoms with Gasteiger partial charge in [-0.25, -0.2) is 9.80 Å². The van der Waals surface area contributed by atoms with Crippen molar-refractivity contribution in [2.45, 2.75) is 24.9 Å². The van der Waals surface area contributed by atoms with E-state index < -0.39 is 46.1 Å². The van der Waals surface area contributed by atoms with Crippen LogP contribution in [0.4, 0.5) is 36.8 Å². The van der Waals surface area contributed by atoms with Crippen LogP contribution in [0.5, 0.6) is 5.75 Å². The summed E-state index contributed by atoms with van der Waals surface area (Å²) >= 11 is 5.94. The number of benzene rings is 3. The second-order valence-corrected chi connectivity index (χ2v) is 8.94. The van der Waals surface area contributed by atoms with Gasteiger partial charge in [-0.15, -0.1) is 13.2 Å². The zero-order chi connectivity index (χ0) is 28.6. The van der Waals surface area contributed by atoms with Crippen LogP contribution in [-0.2, 0) is 16.4 Å². The molecule has 1 aliphatic rings. The van der Waals surface area contributed by atoms with E-state index in [4.69, 9.17) is 11.6 Å². The Morgan fingerprint density at radius 1 is 0.974 bits per heavy atom. The number of amides is 2. The van der Waals surface area contributed by atoms with Crippen molar-refractivity contribution in [3.8, 4) is 5.75 Å². The third-order valence-electron chi connectivity index (χ3n) is 6.00. The third kappa shape index (κ3) is 5.85. The fourth-order valence-corrected chi connectivity index (χ4v) is 4.50. The summed E-state index contributed by atoms with van der Waals surface area (Å²) in [6.45, 7) is 0.969. The molecule has 0 fully saturated rings. The van der Waals surface area contributed by atoms with Crippen LogP contribution >= 0.6 is 11.6 Å². The Labute approximate surface area is 222 Å². The lowest BCUT2D eigenvalue weighted by molar-refractivity contribution is -0.274. The summed E-state index contributed by atoms with van der Waals surface area (Å²) in [4.78, 5) is 26.3. The molecule has 3 aromatic rings. The van der Waals surface area contributed by atoms with Crippen LogP contribution in [-0.4, -0.2) is 35.4 Å². The van der Waals surface area contributed by atoms with Crippen LogP contribution < -0.4 is 10.1 Å². The molecular weight excluding hydrogens is 552 g/mol. The van der Waals surface area contributed by atoms with Gasteiger partial charge in [-0.2, -0.15) is 18.3 Å². The van der Waals surface area contributed by atoms with Gasteiger partial charge in [0, 0.05) is 11.3 Å². The molecule has 0 aromatic heterocycles. The lowest BCUT2D eigenvalue weighted by atomic mass is 9.71. The largest absolute Gasteiger partial charge is 0.573 e. The van der Waals surface area contributed by atoms with Crippen molar-refractivity contribution >= 4 is 34.8 Å². The van der Waals surface area contributed by atoms with Gasteiger partial charge in [0.2, 0.25) is 0 Å². The SMILES string of the molecule is CC(=O)C1(c2ccccc2)CN(C(=O)Nc2ccc(OC(F)(F)F)cc2)N=C1c1ccc(C(F)(F)F)c(Cl)c1. The number of anilines is 1. The number of urea groups is 1. The van der Waals surface area contributed by atoms with Crippen LogP contribution in [0.15, 0.2) is 77.9 Å². The molecule has 0 saturated carbocycles. The molecule has 0 spiro atoms. The maximum Gasteiger partial charge on any atom is 0.573 e. The van der Waals surface area contributed by atoms with Gasteiger partial charge in [-0.3, -0.25) is 4.79 Å². The molecule has 1 unspecified atom stereocenters. The van der Waals surface area contributed by atoms with E-state index in [0.717, 1.165) is 35.3 Å². The van der Waals surface area contributed by atoms with Crippen LogP contribution in [0.2, 0.25) is 5.02 Å². The minimum absolute atomic E-state index is 0.000833. The lowest BCUT2D eigenvalue weighted by Gasteiger charge is -2.29. The molecular formula is C26H18ClF6N3O3. The average molecular weight is 570 g/mol. The molecule has 39 heavy (non-hydrogen) atoms. The molecule has 6 nitrogen and oxygen atoms in total. The topological polar surface area (TPSA) is 71.0 Å². The van der Waals surface area contributed by atoms with Crippen molar-refractivity contribution in [1.82, 2.24) is 5.01 Å². The number of hydrogen-bond donors (Lipinski definition) is 1. The van der Waals surface area contributed by atoms with Crippen molar-refractivity contribution < 1.29 is 40.7 Å². The van der Waals surface area contributed by atoms with E-state index >= 15 is 0 Å². The summed E-state index contributed by atoms with van der Waals surface area (Å²) in [6, 6.07) is 14.7. The highest BCUT2D eigenvalue weighted by Gasteiger charge is 2.50. The van der Waals surface area contributed by atoms with Crippen molar-refractivity contribution in [3.05, 3.63) is 94.5 Å². The Hall–Kier alpha value is -4.06. The highest BCUT2D eigenvalue weighted by Crippen LogP contribution is 2.40. The first-order valence-electron chi connectivity index (χ1n) is 11.2. The summed E-state index contributed by atoms with van der Waals surface area (Å²) in [5.74, 6) is -0.937. The van der Waals surface area contributed by atoms with Gasteiger partial charge in [0.05, 0.1) is 22.8 Å². The maximum absolute atomic E-state index is 13.3. The Balaban J connectivity index is 1.72. The molecule has 0 saturated heterocycles. The standard InChI is InChI=1S/C26H18ClF6N3O3/c1-15(37)24(17-5-3-2-4-6-17)14-36(23(38)34-18-8-10-19(11-9-18)39-26(31,32)33)35-22(24)16-7-12-20(21(27)13-16)25(28,29)30/h2-13H,14H2,1H3,(H,34,38). The van der Waals surface area contributed by atoms with E-state index in [-0.39, 0.29) is 23.5 Å². The number of hydrogen-bond acceptors (Lipinski definition) is 4. The summed E-state index contributed by atoms with van der Waals surface area (Å²) in [5.41, 5.74) is -1.99. The van der Waals surface area contributed by atoms with E-state index in [1.807, 2.05) is 0 Å². The summed E-state index contributed by atoms with van der Waals surface area (Å²) in [6.07, 6.45) is -9.60. The van der Waals surface area contributed by atoms with Crippen molar-refractivity contribution in [1.29, 1.82) is 0 Å². The first-order chi connectivity index (χ1) is 18.2. The molecule has 0 aliphatic carbocycles. The predicted molar refractivity (Wildman–Crippen MR) is 131 cm³/mol. The Bertz CT molecular complexity index is 1430. The first-order valence-corrected chi connectivity index (χ1v) is 11.6. The number of Topliss-reactive ketones (excluding diaryl/α,β-unsaturated/α-hetero) is 1. The highest BCUT2D eigenvalue weighted by atomic mass is 35.5. The van der Waals surface area contributed by atoms with Gasteiger partial charge in [-0.05, 0) is 48.9 Å². The fourth-order valence-electron chi connectivity index (χ4n) is 4.21. The molecule has 3 aromatic carbocycles. The molecule has 1 atom stereocenters. The second-order valence-electron chi connectivity index (χ2n) is 8.53. The summed E-state index contributed by atoms with van der Waals surface area (Å²) in [5, 5.41) is 7.09. The fraction of sp³-hybridized carbons (Fsp3) is 0.192. The number of hydrazone groups is 1. The highest BCUT2D eigenvalue weighted by molar-refractivity contribution is 6.32. The van der Waals surface area contributed by atoms with E-state index in [1.54, 1.807) is 30.3 Å². The van der Waals surface area contributed by atoms with Crippen molar-refractivity contribution in [3.63, 3.8) is 0 Å². The number of alkyl halides is 6. The molecule has 204 valence electrons. The first kappa shape index (κ1) is 28.0. The van der Waals surface area contributed by atoms with Gasteiger partial charge < -0.3 is 10.1 Å². The number of ketones is 1. The quantitative estimate of drug-likeness (QED) is 0.335. The van der Waals surface area contributed by atoms with Gasteiger partial charge in [-0.1, -0.05) is 48.0 Å². The number of halogens is 7. The Morgan fingerprint density at radius 3 is 2.15 bits per heavy atom. The normalized spacial score (nSPS) is 17.5. The van der Waals surface area contributed by atoms with Crippen LogP contribution in [0.25, 0.3) is 0 Å². The minimum atomic E-state index is -4.89. The van der Waals surface area contributed by atoms with Crippen molar-refractivity contribution in [2.24, 2.45) is 5.10 Å². The van der Waals surface area contributed by atoms with Crippen LogP contribution in [0, 0.1) is 0 Å². The number of rotatable bonds is 5. The van der Waals surface area contributed by atoms with E-state index in [9.17, 15) is 35.9 Å². The molecule has 0 radical (unpaired) electrons.